The van der Waals surface area contributed by atoms with Crippen molar-refractivity contribution in [2.45, 2.75) is 44.4 Å². The number of rotatable bonds is 5. The predicted molar refractivity (Wildman–Crippen MR) is 55.1 cm³/mol. The smallest absolute Gasteiger partial charge is 0.159 e. The number of nitrogens with one attached hydrogen (secondary N) is 1. The maximum Gasteiger partial charge on any atom is 0.159 e. The average Bonchev–Trinajstić information content (AvgIpc) is 2.61. The zero-order valence-electron chi connectivity index (χ0n) is 9.00. The second-order valence-electron chi connectivity index (χ2n) is 4.43. The van der Waals surface area contributed by atoms with Gasteiger partial charge in [-0.15, -0.1) is 0 Å². The molecule has 14 heavy (non-hydrogen) atoms. The van der Waals surface area contributed by atoms with Crippen LogP contribution in [0.3, 0.4) is 0 Å². The van der Waals surface area contributed by atoms with Gasteiger partial charge in [-0.3, -0.25) is 0 Å². The normalized spacial score (nSPS) is 26.4. The lowest BCUT2D eigenvalue weighted by Crippen LogP contribution is -2.33. The van der Waals surface area contributed by atoms with Crippen LogP contribution in [0.4, 0.5) is 0 Å². The summed E-state index contributed by atoms with van der Waals surface area (Å²) in [6, 6.07) is 0.573. The third-order valence-electron chi connectivity index (χ3n) is 3.42. The summed E-state index contributed by atoms with van der Waals surface area (Å²) in [4.78, 5) is 0. The molecule has 0 amide bonds. The van der Waals surface area contributed by atoms with Crippen LogP contribution in [0.5, 0.6) is 0 Å². The van der Waals surface area contributed by atoms with Crippen molar-refractivity contribution in [2.75, 3.05) is 20.3 Å². The van der Waals surface area contributed by atoms with Crippen LogP contribution in [0.25, 0.3) is 0 Å². The summed E-state index contributed by atoms with van der Waals surface area (Å²) in [7, 11) is 2.04. The van der Waals surface area contributed by atoms with Gasteiger partial charge in [-0.05, 0) is 19.4 Å². The Morgan fingerprint density at radius 1 is 1.21 bits per heavy atom. The molecule has 3 nitrogen and oxygen atoms in total. The molecule has 1 aliphatic heterocycles. The fourth-order valence-electron chi connectivity index (χ4n) is 2.24. The van der Waals surface area contributed by atoms with Gasteiger partial charge in [0, 0.05) is 12.5 Å². The van der Waals surface area contributed by atoms with E-state index in [9.17, 15) is 0 Å². The zero-order valence-corrected chi connectivity index (χ0v) is 9.00. The summed E-state index contributed by atoms with van der Waals surface area (Å²) in [5.74, 6) is 0.953. The minimum atomic E-state index is 0.0486. The highest BCUT2D eigenvalue weighted by atomic mass is 16.7. The Morgan fingerprint density at radius 3 is 2.43 bits per heavy atom. The van der Waals surface area contributed by atoms with Gasteiger partial charge in [-0.1, -0.05) is 19.3 Å². The van der Waals surface area contributed by atoms with Crippen molar-refractivity contribution in [2.24, 2.45) is 5.92 Å². The van der Waals surface area contributed by atoms with Crippen molar-refractivity contribution in [3.05, 3.63) is 0 Å². The summed E-state index contributed by atoms with van der Waals surface area (Å²) in [5, 5.41) is 3.37. The first-order valence-corrected chi connectivity index (χ1v) is 5.79. The highest BCUT2D eigenvalue weighted by Gasteiger charge is 2.25. The Labute approximate surface area is 86.2 Å². The second kappa shape index (κ2) is 5.10. The third kappa shape index (κ3) is 2.69. The first kappa shape index (κ1) is 10.4. The molecule has 2 fully saturated rings. The molecule has 2 aliphatic rings. The molecule has 0 bridgehead atoms. The lowest BCUT2D eigenvalue weighted by molar-refractivity contribution is -0.0542. The highest BCUT2D eigenvalue weighted by molar-refractivity contribution is 4.77. The van der Waals surface area contributed by atoms with Gasteiger partial charge in [0.05, 0.1) is 13.2 Å². The first-order valence-electron chi connectivity index (χ1n) is 5.79. The average molecular weight is 199 g/mol. The largest absolute Gasteiger partial charge is 0.350 e. The van der Waals surface area contributed by atoms with Crippen LogP contribution in [0.2, 0.25) is 0 Å². The van der Waals surface area contributed by atoms with E-state index in [0.29, 0.717) is 6.04 Å². The molecule has 0 aromatic rings. The Hall–Kier alpha value is -0.120. The van der Waals surface area contributed by atoms with E-state index in [1.54, 1.807) is 0 Å². The minimum absolute atomic E-state index is 0.0486. The van der Waals surface area contributed by atoms with Crippen molar-refractivity contribution < 1.29 is 9.47 Å². The van der Waals surface area contributed by atoms with Gasteiger partial charge in [-0.2, -0.15) is 0 Å². The molecule has 0 spiro atoms. The lowest BCUT2D eigenvalue weighted by atomic mass is 9.80. The summed E-state index contributed by atoms with van der Waals surface area (Å²) >= 11 is 0. The van der Waals surface area contributed by atoms with Crippen LogP contribution < -0.4 is 5.32 Å². The van der Waals surface area contributed by atoms with E-state index >= 15 is 0 Å². The van der Waals surface area contributed by atoms with Gasteiger partial charge < -0.3 is 14.8 Å². The molecular weight excluding hydrogens is 178 g/mol. The molecule has 0 radical (unpaired) electrons. The third-order valence-corrected chi connectivity index (χ3v) is 3.42. The molecule has 1 atom stereocenters. The number of ether oxygens (including phenoxy) is 2. The van der Waals surface area contributed by atoms with Crippen molar-refractivity contribution in [3.63, 3.8) is 0 Å². The van der Waals surface area contributed by atoms with Gasteiger partial charge in [-0.25, -0.2) is 0 Å². The fraction of sp³-hybridized carbons (Fsp3) is 1.00. The maximum atomic E-state index is 5.46. The summed E-state index contributed by atoms with van der Waals surface area (Å²) in [6.45, 7) is 1.54. The minimum Gasteiger partial charge on any atom is -0.350 e. The molecule has 1 unspecified atom stereocenters. The predicted octanol–water partition coefficient (Wildman–Crippen LogP) is 1.53. The molecule has 3 heteroatoms. The van der Waals surface area contributed by atoms with Crippen LogP contribution in [0.15, 0.2) is 0 Å². The zero-order chi connectivity index (χ0) is 9.80. The maximum absolute atomic E-state index is 5.46. The van der Waals surface area contributed by atoms with Gasteiger partial charge in [0.15, 0.2) is 6.29 Å². The Balaban J connectivity index is 1.68. The van der Waals surface area contributed by atoms with Crippen molar-refractivity contribution in [3.8, 4) is 0 Å². The van der Waals surface area contributed by atoms with Gasteiger partial charge >= 0.3 is 0 Å². The van der Waals surface area contributed by atoms with E-state index in [-0.39, 0.29) is 6.29 Å². The molecule has 1 N–H and O–H groups in total. The van der Waals surface area contributed by atoms with Crippen LogP contribution >= 0.6 is 0 Å². The van der Waals surface area contributed by atoms with E-state index in [2.05, 4.69) is 5.32 Å². The Bertz CT molecular complexity index is 165. The molecule has 0 aromatic heterocycles. The SMILES string of the molecule is CNC(CC1CCC1)CC1OCCO1. The van der Waals surface area contributed by atoms with Gasteiger partial charge in [0.2, 0.25) is 0 Å². The van der Waals surface area contributed by atoms with E-state index in [4.69, 9.17) is 9.47 Å². The highest BCUT2D eigenvalue weighted by Crippen LogP contribution is 2.31. The van der Waals surface area contributed by atoms with Crippen LogP contribution in [-0.4, -0.2) is 32.6 Å². The van der Waals surface area contributed by atoms with Crippen molar-refractivity contribution in [1.29, 1.82) is 0 Å². The van der Waals surface area contributed by atoms with Crippen LogP contribution in [-0.2, 0) is 9.47 Å². The summed E-state index contributed by atoms with van der Waals surface area (Å²) < 4.78 is 10.9. The quantitative estimate of drug-likeness (QED) is 0.728. The van der Waals surface area contributed by atoms with Crippen LogP contribution in [0, 0.1) is 5.92 Å². The van der Waals surface area contributed by atoms with E-state index < -0.39 is 0 Å². The topological polar surface area (TPSA) is 30.5 Å². The number of hydrogen-bond donors (Lipinski definition) is 1. The first-order chi connectivity index (χ1) is 6.88. The molecule has 0 aromatic carbocycles. The number of hydrogen-bond acceptors (Lipinski definition) is 3. The summed E-state index contributed by atoms with van der Waals surface area (Å²) in [5.41, 5.74) is 0. The van der Waals surface area contributed by atoms with E-state index in [0.717, 1.165) is 25.6 Å². The van der Waals surface area contributed by atoms with Crippen molar-refractivity contribution in [1.82, 2.24) is 5.32 Å². The Kier molecular flexibility index (Phi) is 3.79. The second-order valence-corrected chi connectivity index (χ2v) is 4.43. The molecular formula is C11H21NO2. The Morgan fingerprint density at radius 2 is 1.93 bits per heavy atom. The van der Waals surface area contributed by atoms with Gasteiger partial charge in [0.25, 0.3) is 0 Å². The van der Waals surface area contributed by atoms with E-state index in [1.807, 2.05) is 7.05 Å². The molecule has 1 saturated carbocycles. The molecule has 2 rings (SSSR count). The molecule has 1 aliphatic carbocycles. The molecule has 1 saturated heterocycles. The standard InChI is InChI=1S/C11H21NO2/c1-12-10(7-9-3-2-4-9)8-11-13-5-6-14-11/h9-12H,2-8H2,1H3. The molecule has 1 heterocycles. The van der Waals surface area contributed by atoms with E-state index in [1.165, 1.54) is 25.7 Å². The fourth-order valence-corrected chi connectivity index (χ4v) is 2.24. The lowest BCUT2D eigenvalue weighted by Gasteiger charge is -2.30. The molecule has 82 valence electrons. The summed E-state index contributed by atoms with van der Waals surface area (Å²) in [6.07, 6.45) is 6.62. The monoisotopic (exact) mass is 199 g/mol. The van der Waals surface area contributed by atoms with Crippen molar-refractivity contribution >= 4 is 0 Å². The van der Waals surface area contributed by atoms with Crippen LogP contribution in [0.1, 0.15) is 32.1 Å². The van der Waals surface area contributed by atoms with Gasteiger partial charge in [0.1, 0.15) is 0 Å².